The van der Waals surface area contributed by atoms with Crippen LogP contribution < -0.4 is 0 Å². The van der Waals surface area contributed by atoms with E-state index in [-0.39, 0.29) is 5.97 Å². The first-order valence-corrected chi connectivity index (χ1v) is 5.05. The minimum absolute atomic E-state index is 0.336. The lowest BCUT2D eigenvalue weighted by atomic mass is 10.1. The highest BCUT2D eigenvalue weighted by Crippen LogP contribution is 2.27. The van der Waals surface area contributed by atoms with Crippen LogP contribution in [-0.2, 0) is 21.3 Å². The zero-order valence-electron chi connectivity index (χ0n) is 9.16. The molecule has 2 atom stereocenters. The van der Waals surface area contributed by atoms with E-state index < -0.39 is 12.1 Å². The Kier molecular flexibility index (Phi) is 2.89. The van der Waals surface area contributed by atoms with E-state index in [2.05, 4.69) is 10.1 Å². The molecule has 0 bridgehead atoms. The summed E-state index contributed by atoms with van der Waals surface area (Å²) >= 11 is 0. The van der Waals surface area contributed by atoms with Gasteiger partial charge in [0.2, 0.25) is 0 Å². The van der Waals surface area contributed by atoms with Crippen LogP contribution in [0.15, 0.2) is 17.3 Å². The van der Waals surface area contributed by atoms with Gasteiger partial charge >= 0.3 is 5.97 Å². The van der Waals surface area contributed by atoms with Crippen molar-refractivity contribution in [3.63, 3.8) is 0 Å². The van der Waals surface area contributed by atoms with E-state index >= 15 is 0 Å². The van der Waals surface area contributed by atoms with Crippen molar-refractivity contribution in [2.45, 2.75) is 19.1 Å². The van der Waals surface area contributed by atoms with Gasteiger partial charge in [-0.15, -0.1) is 0 Å². The van der Waals surface area contributed by atoms with Crippen LogP contribution in [0.5, 0.6) is 0 Å². The van der Waals surface area contributed by atoms with Crippen molar-refractivity contribution in [3.8, 4) is 0 Å². The lowest BCUT2D eigenvalue weighted by Gasteiger charge is -2.15. The fourth-order valence-corrected chi connectivity index (χ4v) is 1.63. The lowest BCUT2D eigenvalue weighted by molar-refractivity contribution is -0.146. The summed E-state index contributed by atoms with van der Waals surface area (Å²) in [6.07, 6.45) is 2.50. The topological polar surface area (TPSA) is 65.7 Å². The minimum Gasteiger partial charge on any atom is -0.471 e. The molecule has 1 aromatic rings. The second-order valence-electron chi connectivity index (χ2n) is 3.39. The molecule has 86 valence electrons. The van der Waals surface area contributed by atoms with Gasteiger partial charge in [-0.3, -0.25) is 4.68 Å². The van der Waals surface area contributed by atoms with Crippen LogP contribution in [0.4, 0.5) is 0 Å². The Bertz CT molecular complexity index is 413. The maximum absolute atomic E-state index is 11.6. The van der Waals surface area contributed by atoms with Crippen LogP contribution in [0.1, 0.15) is 18.7 Å². The molecule has 1 aliphatic rings. The number of esters is 1. The predicted molar refractivity (Wildman–Crippen MR) is 55.9 cm³/mol. The molecule has 1 aliphatic heterocycles. The zero-order chi connectivity index (χ0) is 11.5. The first kappa shape index (κ1) is 10.7. The third-order valence-electron chi connectivity index (χ3n) is 2.39. The normalized spacial score (nSPS) is 23.1. The number of aromatic nitrogens is 2. The molecule has 2 heterocycles. The smallest absolute Gasteiger partial charge is 0.335 e. The molecule has 0 spiro atoms. The summed E-state index contributed by atoms with van der Waals surface area (Å²) in [5, 5.41) is 4.03. The number of nitrogens with zero attached hydrogens (tertiary/aromatic N) is 3. The highest BCUT2D eigenvalue weighted by Gasteiger charge is 2.36. The van der Waals surface area contributed by atoms with E-state index in [1.807, 2.05) is 0 Å². The highest BCUT2D eigenvalue weighted by molar-refractivity contribution is 5.80. The third-order valence-corrected chi connectivity index (χ3v) is 2.39. The summed E-state index contributed by atoms with van der Waals surface area (Å²) in [6.45, 7) is 2.10. The summed E-state index contributed by atoms with van der Waals surface area (Å²) in [5.41, 5.74) is 0.801. The maximum atomic E-state index is 11.6. The Labute approximate surface area is 92.9 Å². The molecule has 16 heavy (non-hydrogen) atoms. The summed E-state index contributed by atoms with van der Waals surface area (Å²) in [4.78, 5) is 15.6. The fraction of sp³-hybridized carbons (Fsp3) is 0.500. The van der Waals surface area contributed by atoms with Gasteiger partial charge < -0.3 is 9.47 Å². The van der Waals surface area contributed by atoms with Crippen LogP contribution in [0.2, 0.25) is 0 Å². The number of carbonyl (C=O) groups is 1. The molecule has 2 rings (SSSR count). The van der Waals surface area contributed by atoms with Gasteiger partial charge in [0.05, 0.1) is 12.3 Å². The number of aryl methyl sites for hydroxylation is 1. The van der Waals surface area contributed by atoms with Crippen LogP contribution in [-0.4, -0.2) is 34.8 Å². The summed E-state index contributed by atoms with van der Waals surface area (Å²) < 4.78 is 11.9. The Morgan fingerprint density at radius 3 is 3.12 bits per heavy atom. The van der Waals surface area contributed by atoms with Gasteiger partial charge in [-0.1, -0.05) is 0 Å². The lowest BCUT2D eigenvalue weighted by Crippen LogP contribution is -2.27. The monoisotopic (exact) mass is 223 g/mol. The highest BCUT2D eigenvalue weighted by atomic mass is 16.5. The van der Waals surface area contributed by atoms with Crippen molar-refractivity contribution in [1.29, 1.82) is 0 Å². The molecule has 0 saturated heterocycles. The van der Waals surface area contributed by atoms with E-state index in [9.17, 15) is 4.79 Å². The van der Waals surface area contributed by atoms with Gasteiger partial charge in [-0.25, -0.2) is 9.79 Å². The van der Waals surface area contributed by atoms with Crippen molar-refractivity contribution < 1.29 is 14.3 Å². The van der Waals surface area contributed by atoms with Crippen LogP contribution in [0, 0.1) is 0 Å². The molecule has 0 aliphatic carbocycles. The number of aliphatic imine (C=N–C) groups is 1. The van der Waals surface area contributed by atoms with Crippen LogP contribution >= 0.6 is 0 Å². The zero-order valence-corrected chi connectivity index (χ0v) is 9.16. The summed E-state index contributed by atoms with van der Waals surface area (Å²) in [5.74, 6) is -0.373. The molecule has 6 heteroatoms. The number of rotatable bonds is 3. The van der Waals surface area contributed by atoms with Crippen molar-refractivity contribution in [3.05, 3.63) is 18.0 Å². The van der Waals surface area contributed by atoms with Gasteiger partial charge in [-0.05, 0) is 13.0 Å². The summed E-state index contributed by atoms with van der Waals surface area (Å²) in [6, 6.07) is 1.17. The number of ether oxygens (including phenoxy) is 2. The Morgan fingerprint density at radius 1 is 1.69 bits per heavy atom. The Balaban J connectivity index is 2.17. The molecule has 2 unspecified atom stereocenters. The largest absolute Gasteiger partial charge is 0.471 e. The fourth-order valence-electron chi connectivity index (χ4n) is 1.63. The second-order valence-corrected chi connectivity index (χ2v) is 3.39. The Hall–Kier alpha value is -1.85. The molecule has 0 radical (unpaired) electrons. The molecule has 0 fully saturated rings. The van der Waals surface area contributed by atoms with Crippen molar-refractivity contribution in [1.82, 2.24) is 9.78 Å². The molecule has 0 amide bonds. The minimum atomic E-state index is -0.629. The standard InChI is InChI=1S/C10H13N3O3/c1-3-15-10(14)8-9(16-6-11-8)7-4-5-12-13(7)2/h4-6,8-9H,3H2,1-2H3. The van der Waals surface area contributed by atoms with E-state index in [1.165, 1.54) is 6.40 Å². The second kappa shape index (κ2) is 4.34. The average molecular weight is 223 g/mol. The molecule has 1 aromatic heterocycles. The average Bonchev–Trinajstić information content (AvgIpc) is 2.85. The number of hydrogen-bond acceptors (Lipinski definition) is 5. The molecule has 0 aromatic carbocycles. The third kappa shape index (κ3) is 1.78. The van der Waals surface area contributed by atoms with E-state index in [4.69, 9.17) is 9.47 Å². The van der Waals surface area contributed by atoms with Crippen molar-refractivity contribution in [2.75, 3.05) is 6.61 Å². The first-order chi connectivity index (χ1) is 7.74. The van der Waals surface area contributed by atoms with Crippen molar-refractivity contribution in [2.24, 2.45) is 12.0 Å². The van der Waals surface area contributed by atoms with E-state index in [0.717, 1.165) is 5.69 Å². The number of carbonyl (C=O) groups excluding carboxylic acids is 1. The molecule has 0 saturated carbocycles. The predicted octanol–water partition coefficient (Wildman–Crippen LogP) is 0.451. The van der Waals surface area contributed by atoms with Gasteiger partial charge in [0, 0.05) is 13.2 Å². The quantitative estimate of drug-likeness (QED) is 0.698. The van der Waals surface area contributed by atoms with Crippen LogP contribution in [0.25, 0.3) is 0 Å². The number of hydrogen-bond donors (Lipinski definition) is 0. The van der Waals surface area contributed by atoms with E-state index in [0.29, 0.717) is 6.61 Å². The molecule has 0 N–H and O–H groups in total. The molecular weight excluding hydrogens is 210 g/mol. The van der Waals surface area contributed by atoms with E-state index in [1.54, 1.807) is 30.9 Å². The van der Waals surface area contributed by atoms with Gasteiger partial charge in [0.1, 0.15) is 0 Å². The van der Waals surface area contributed by atoms with Gasteiger partial charge in [-0.2, -0.15) is 5.10 Å². The molecular formula is C10H13N3O3. The van der Waals surface area contributed by atoms with Crippen LogP contribution in [0.3, 0.4) is 0 Å². The van der Waals surface area contributed by atoms with Gasteiger partial charge in [0.15, 0.2) is 18.5 Å². The van der Waals surface area contributed by atoms with Crippen molar-refractivity contribution >= 4 is 12.4 Å². The maximum Gasteiger partial charge on any atom is 0.335 e. The summed E-state index contributed by atoms with van der Waals surface area (Å²) in [7, 11) is 1.79. The first-order valence-electron chi connectivity index (χ1n) is 5.05. The molecule has 6 nitrogen and oxygen atoms in total. The van der Waals surface area contributed by atoms with Gasteiger partial charge in [0.25, 0.3) is 0 Å². The SMILES string of the molecule is CCOC(=O)C1N=COC1c1ccnn1C. The Morgan fingerprint density at radius 2 is 2.50 bits per heavy atom.